The molecule has 2 aromatic carbocycles. The first-order chi connectivity index (χ1) is 10.9. The van der Waals surface area contributed by atoms with Crippen LogP contribution in [0.3, 0.4) is 0 Å². The van der Waals surface area contributed by atoms with Crippen LogP contribution in [0.15, 0.2) is 48.5 Å². The summed E-state index contributed by atoms with van der Waals surface area (Å²) in [4.78, 5) is 12.0. The summed E-state index contributed by atoms with van der Waals surface area (Å²) >= 11 is 5.97. The predicted octanol–water partition coefficient (Wildman–Crippen LogP) is 2.32. The van der Waals surface area contributed by atoms with E-state index in [1.165, 1.54) is 7.05 Å². The van der Waals surface area contributed by atoms with Crippen molar-refractivity contribution >= 4 is 27.5 Å². The van der Waals surface area contributed by atoms with Crippen LogP contribution in [-0.2, 0) is 22.3 Å². The van der Waals surface area contributed by atoms with Crippen molar-refractivity contribution in [2.45, 2.75) is 12.3 Å². The van der Waals surface area contributed by atoms with E-state index in [0.29, 0.717) is 22.7 Å². The van der Waals surface area contributed by atoms with Crippen molar-refractivity contribution in [3.63, 3.8) is 0 Å². The second-order valence-electron chi connectivity index (χ2n) is 4.94. The molecule has 0 aliphatic rings. The number of nitrogens with one attached hydrogen (secondary N) is 2. The zero-order valence-corrected chi connectivity index (χ0v) is 14.1. The van der Waals surface area contributed by atoms with Gasteiger partial charge in [0.05, 0.1) is 16.3 Å². The molecule has 0 bridgehead atoms. The molecule has 0 unspecified atom stereocenters. The number of rotatable bonds is 6. The molecule has 0 saturated heterocycles. The highest BCUT2D eigenvalue weighted by Gasteiger charge is 2.10. The predicted molar refractivity (Wildman–Crippen MR) is 90.7 cm³/mol. The molecular formula is C16H17ClN2O3S. The van der Waals surface area contributed by atoms with Crippen molar-refractivity contribution in [2.75, 3.05) is 7.05 Å². The number of hydrogen-bond acceptors (Lipinski definition) is 3. The first-order valence-electron chi connectivity index (χ1n) is 6.93. The van der Waals surface area contributed by atoms with E-state index in [1.54, 1.807) is 48.5 Å². The van der Waals surface area contributed by atoms with Crippen molar-refractivity contribution in [3.8, 4) is 0 Å². The van der Waals surface area contributed by atoms with Gasteiger partial charge in [0.2, 0.25) is 10.0 Å². The average molecular weight is 353 g/mol. The maximum absolute atomic E-state index is 12.0. The van der Waals surface area contributed by atoms with Crippen LogP contribution in [0.1, 0.15) is 21.5 Å². The maximum atomic E-state index is 12.0. The van der Waals surface area contributed by atoms with E-state index in [4.69, 9.17) is 11.6 Å². The lowest BCUT2D eigenvalue weighted by Gasteiger charge is -2.08. The fourth-order valence-corrected chi connectivity index (χ4v) is 2.97. The second kappa shape index (κ2) is 7.59. The van der Waals surface area contributed by atoms with Gasteiger partial charge in [-0.3, -0.25) is 4.79 Å². The summed E-state index contributed by atoms with van der Waals surface area (Å²) in [5.74, 6) is -0.326. The third kappa shape index (κ3) is 5.06. The largest absolute Gasteiger partial charge is 0.348 e. The standard InChI is InChI=1S/C16H17ClN2O3S/c1-18-23(21,22)11-13-8-6-12(7-9-13)10-19-16(20)14-4-2-3-5-15(14)17/h2-9,18H,10-11H2,1H3,(H,19,20). The number of carbonyl (C=O) groups excluding carboxylic acids is 1. The van der Waals surface area contributed by atoms with E-state index in [0.717, 1.165) is 5.56 Å². The molecule has 0 atom stereocenters. The lowest BCUT2D eigenvalue weighted by Crippen LogP contribution is -2.23. The summed E-state index contributed by atoms with van der Waals surface area (Å²) in [5.41, 5.74) is 1.97. The summed E-state index contributed by atoms with van der Waals surface area (Å²) in [6, 6.07) is 13.9. The van der Waals surface area contributed by atoms with Gasteiger partial charge >= 0.3 is 0 Å². The number of benzene rings is 2. The number of halogens is 1. The van der Waals surface area contributed by atoms with Gasteiger partial charge in [-0.15, -0.1) is 0 Å². The number of carbonyl (C=O) groups is 1. The maximum Gasteiger partial charge on any atom is 0.253 e. The molecule has 23 heavy (non-hydrogen) atoms. The zero-order chi connectivity index (χ0) is 16.9. The molecule has 0 heterocycles. The van der Waals surface area contributed by atoms with E-state index in [2.05, 4.69) is 10.0 Å². The SMILES string of the molecule is CNS(=O)(=O)Cc1ccc(CNC(=O)c2ccccc2Cl)cc1. The lowest BCUT2D eigenvalue weighted by molar-refractivity contribution is 0.0951. The molecule has 2 aromatic rings. The molecule has 0 fully saturated rings. The van der Waals surface area contributed by atoms with Gasteiger partial charge in [-0.05, 0) is 30.3 Å². The van der Waals surface area contributed by atoms with Crippen LogP contribution >= 0.6 is 11.6 Å². The average Bonchev–Trinajstić information content (AvgIpc) is 2.54. The Morgan fingerprint density at radius 2 is 1.65 bits per heavy atom. The topological polar surface area (TPSA) is 75.3 Å². The first-order valence-corrected chi connectivity index (χ1v) is 8.96. The Morgan fingerprint density at radius 3 is 2.26 bits per heavy atom. The summed E-state index contributed by atoms with van der Waals surface area (Å²) in [5, 5.41) is 3.18. The molecular weight excluding hydrogens is 336 g/mol. The van der Waals surface area contributed by atoms with Crippen molar-refractivity contribution < 1.29 is 13.2 Å². The minimum Gasteiger partial charge on any atom is -0.348 e. The summed E-state index contributed by atoms with van der Waals surface area (Å²) < 4.78 is 25.2. The fourth-order valence-electron chi connectivity index (χ4n) is 1.97. The normalized spacial score (nSPS) is 11.2. The number of hydrogen-bond donors (Lipinski definition) is 2. The van der Waals surface area contributed by atoms with Crippen LogP contribution < -0.4 is 10.0 Å². The highest BCUT2D eigenvalue weighted by molar-refractivity contribution is 7.88. The fraction of sp³-hybridized carbons (Fsp3) is 0.188. The molecule has 0 radical (unpaired) electrons. The van der Waals surface area contributed by atoms with Crippen LogP contribution in [0.2, 0.25) is 5.02 Å². The van der Waals surface area contributed by atoms with Crippen LogP contribution in [0.25, 0.3) is 0 Å². The molecule has 7 heteroatoms. The van der Waals surface area contributed by atoms with Gasteiger partial charge in [0.1, 0.15) is 0 Å². The molecule has 2 rings (SSSR count). The van der Waals surface area contributed by atoms with E-state index in [1.807, 2.05) is 0 Å². The third-order valence-corrected chi connectivity index (χ3v) is 4.93. The van der Waals surface area contributed by atoms with Gasteiger partial charge in [-0.25, -0.2) is 13.1 Å². The van der Waals surface area contributed by atoms with Gasteiger partial charge in [0, 0.05) is 6.54 Å². The monoisotopic (exact) mass is 352 g/mol. The molecule has 0 aliphatic heterocycles. The molecule has 0 saturated carbocycles. The molecule has 2 N–H and O–H groups in total. The number of amides is 1. The molecule has 0 aromatic heterocycles. The second-order valence-corrected chi connectivity index (χ2v) is 7.28. The van der Waals surface area contributed by atoms with E-state index < -0.39 is 10.0 Å². The quantitative estimate of drug-likeness (QED) is 0.837. The highest BCUT2D eigenvalue weighted by atomic mass is 35.5. The molecule has 0 aliphatic carbocycles. The van der Waals surface area contributed by atoms with E-state index in [9.17, 15) is 13.2 Å². The van der Waals surface area contributed by atoms with Crippen LogP contribution in [-0.4, -0.2) is 21.4 Å². The summed E-state index contributed by atoms with van der Waals surface area (Å²) in [6.45, 7) is 0.336. The Hall–Kier alpha value is -1.89. The van der Waals surface area contributed by atoms with Gasteiger partial charge < -0.3 is 5.32 Å². The Labute approximate surface area is 140 Å². The van der Waals surface area contributed by atoms with Crippen molar-refractivity contribution in [1.29, 1.82) is 0 Å². The molecule has 1 amide bonds. The van der Waals surface area contributed by atoms with E-state index in [-0.39, 0.29) is 11.7 Å². The minimum atomic E-state index is -3.29. The van der Waals surface area contributed by atoms with Crippen molar-refractivity contribution in [3.05, 3.63) is 70.2 Å². The van der Waals surface area contributed by atoms with Crippen LogP contribution in [0.4, 0.5) is 0 Å². The first kappa shape index (κ1) is 17.5. The minimum absolute atomic E-state index is 0.0736. The third-order valence-electron chi connectivity index (χ3n) is 3.26. The highest BCUT2D eigenvalue weighted by Crippen LogP contribution is 2.15. The molecule has 0 spiro atoms. The van der Waals surface area contributed by atoms with Crippen molar-refractivity contribution in [2.24, 2.45) is 0 Å². The van der Waals surface area contributed by atoms with Crippen molar-refractivity contribution in [1.82, 2.24) is 10.0 Å². The van der Waals surface area contributed by atoms with Crippen LogP contribution in [0, 0.1) is 0 Å². The zero-order valence-electron chi connectivity index (χ0n) is 12.5. The Morgan fingerprint density at radius 1 is 1.04 bits per heavy atom. The van der Waals surface area contributed by atoms with Gasteiger partial charge in [0.15, 0.2) is 0 Å². The van der Waals surface area contributed by atoms with Crippen LogP contribution in [0.5, 0.6) is 0 Å². The lowest BCUT2D eigenvalue weighted by atomic mass is 10.1. The molecule has 5 nitrogen and oxygen atoms in total. The van der Waals surface area contributed by atoms with E-state index >= 15 is 0 Å². The van der Waals surface area contributed by atoms with Gasteiger partial charge in [-0.1, -0.05) is 48.0 Å². The van der Waals surface area contributed by atoms with Gasteiger partial charge in [-0.2, -0.15) is 0 Å². The summed E-state index contributed by atoms with van der Waals surface area (Å²) in [7, 11) is -1.90. The molecule has 122 valence electrons. The Bertz CT molecular complexity index is 789. The van der Waals surface area contributed by atoms with Gasteiger partial charge in [0.25, 0.3) is 5.91 Å². The summed E-state index contributed by atoms with van der Waals surface area (Å²) in [6.07, 6.45) is 0. The Kier molecular flexibility index (Phi) is 5.76. The smallest absolute Gasteiger partial charge is 0.253 e. The number of sulfonamides is 1. The Balaban J connectivity index is 1.97.